The van der Waals surface area contributed by atoms with Crippen LogP contribution in [-0.4, -0.2) is 16.2 Å². The number of para-hydroxylation sites is 2. The molecule has 0 radical (unpaired) electrons. The van der Waals surface area contributed by atoms with Crippen LogP contribution in [0.4, 0.5) is 0 Å². The summed E-state index contributed by atoms with van der Waals surface area (Å²) < 4.78 is 9.22. The zero-order valence-electron chi connectivity index (χ0n) is 32.3. The number of benzene rings is 10. The Balaban J connectivity index is 1.07. The van der Waals surface area contributed by atoms with Gasteiger partial charge in [-0.15, -0.1) is 0 Å². The zero-order chi connectivity index (χ0) is 39.3. The molecule has 1 unspecified atom stereocenters. The van der Waals surface area contributed by atoms with Crippen LogP contribution in [0.2, 0.25) is 0 Å². The van der Waals surface area contributed by atoms with Gasteiger partial charge in [-0.3, -0.25) is 0 Å². The molecule has 13 rings (SSSR count). The lowest BCUT2D eigenvalue weighted by atomic mass is 9.98. The number of rotatable bonds is 4. The molecule has 10 aromatic carbocycles. The Morgan fingerprint density at radius 1 is 0.433 bits per heavy atom. The SMILES string of the molecule is c1ccc2cc3c(cc2c1)c1ccccc1n3-c1cc(C2=NC(c3cccc4ccccc34)=NC(c3ccc4c(ccc5ccccc54)c3)N2)c2oc3ccccc3c2c1. The van der Waals surface area contributed by atoms with Gasteiger partial charge in [0.1, 0.15) is 23.2 Å². The van der Waals surface area contributed by atoms with E-state index in [1.165, 1.54) is 43.1 Å². The number of nitrogens with zero attached hydrogens (tertiary/aromatic N) is 3. The van der Waals surface area contributed by atoms with Crippen molar-refractivity contribution in [2.45, 2.75) is 6.17 Å². The highest BCUT2D eigenvalue weighted by molar-refractivity contribution is 6.22. The van der Waals surface area contributed by atoms with Gasteiger partial charge in [-0.2, -0.15) is 0 Å². The van der Waals surface area contributed by atoms with Gasteiger partial charge in [0.25, 0.3) is 0 Å². The summed E-state index contributed by atoms with van der Waals surface area (Å²) in [4.78, 5) is 10.9. The van der Waals surface area contributed by atoms with Crippen molar-refractivity contribution in [1.29, 1.82) is 0 Å². The second-order valence-corrected chi connectivity index (χ2v) is 15.8. The molecule has 0 aliphatic carbocycles. The Kier molecular flexibility index (Phi) is 7.01. The van der Waals surface area contributed by atoms with Crippen molar-refractivity contribution in [2.75, 3.05) is 0 Å². The van der Waals surface area contributed by atoms with Crippen LogP contribution in [0.5, 0.6) is 0 Å². The molecule has 0 saturated carbocycles. The lowest BCUT2D eigenvalue weighted by Crippen LogP contribution is -2.33. The Bertz CT molecular complexity index is 3820. The molecule has 0 amide bonds. The van der Waals surface area contributed by atoms with Crippen LogP contribution in [0, 0.1) is 0 Å². The lowest BCUT2D eigenvalue weighted by Gasteiger charge is -2.25. The van der Waals surface area contributed by atoms with Gasteiger partial charge < -0.3 is 14.3 Å². The second kappa shape index (κ2) is 12.7. The fourth-order valence-corrected chi connectivity index (χ4v) is 9.55. The topological polar surface area (TPSA) is 54.8 Å². The van der Waals surface area contributed by atoms with Gasteiger partial charge in [0.15, 0.2) is 5.84 Å². The summed E-state index contributed by atoms with van der Waals surface area (Å²) in [5, 5.41) is 17.9. The number of aromatic nitrogens is 1. The molecule has 0 spiro atoms. The fraction of sp³-hybridized carbons (Fsp3) is 0.0182. The highest BCUT2D eigenvalue weighted by Crippen LogP contribution is 2.40. The molecule has 2 aromatic heterocycles. The maximum atomic E-state index is 6.82. The summed E-state index contributed by atoms with van der Waals surface area (Å²) in [5.74, 6) is 1.37. The predicted molar refractivity (Wildman–Crippen MR) is 250 cm³/mol. The van der Waals surface area contributed by atoms with Crippen LogP contribution in [-0.2, 0) is 0 Å². The molecule has 1 N–H and O–H groups in total. The van der Waals surface area contributed by atoms with Crippen molar-refractivity contribution in [1.82, 2.24) is 9.88 Å². The van der Waals surface area contributed by atoms with Gasteiger partial charge in [0.2, 0.25) is 0 Å². The van der Waals surface area contributed by atoms with Crippen LogP contribution in [0.25, 0.3) is 92.5 Å². The molecule has 0 fully saturated rings. The van der Waals surface area contributed by atoms with Crippen molar-refractivity contribution in [3.63, 3.8) is 0 Å². The number of hydrogen-bond donors (Lipinski definition) is 1. The van der Waals surface area contributed by atoms with E-state index in [1.807, 2.05) is 12.1 Å². The minimum atomic E-state index is -0.426. The van der Waals surface area contributed by atoms with Crippen molar-refractivity contribution < 1.29 is 4.42 Å². The minimum Gasteiger partial charge on any atom is -0.455 e. The average Bonchev–Trinajstić information content (AvgIpc) is 3.85. The molecule has 3 heterocycles. The first-order chi connectivity index (χ1) is 29.7. The van der Waals surface area contributed by atoms with Crippen molar-refractivity contribution in [3.05, 3.63) is 211 Å². The number of nitrogens with one attached hydrogen (secondary N) is 1. The van der Waals surface area contributed by atoms with Crippen molar-refractivity contribution in [2.24, 2.45) is 9.98 Å². The third-order valence-electron chi connectivity index (χ3n) is 12.4. The van der Waals surface area contributed by atoms with Gasteiger partial charge in [-0.05, 0) is 91.1 Å². The first kappa shape index (κ1) is 33.0. The molecule has 1 aliphatic heterocycles. The zero-order valence-corrected chi connectivity index (χ0v) is 32.3. The van der Waals surface area contributed by atoms with Gasteiger partial charge in [-0.1, -0.05) is 152 Å². The summed E-state index contributed by atoms with van der Waals surface area (Å²) in [6.07, 6.45) is -0.426. The third kappa shape index (κ3) is 4.99. The Labute approximate surface area is 344 Å². The first-order valence-electron chi connectivity index (χ1n) is 20.4. The Morgan fingerprint density at radius 2 is 1.10 bits per heavy atom. The van der Waals surface area contributed by atoms with E-state index >= 15 is 0 Å². The number of hydrogen-bond acceptors (Lipinski definition) is 4. The number of furan rings is 1. The molecular weight excluding hydrogens is 733 g/mol. The number of aliphatic imine (C=N–C) groups is 2. The summed E-state index contributed by atoms with van der Waals surface area (Å²) >= 11 is 0. The van der Waals surface area contributed by atoms with E-state index in [-0.39, 0.29) is 0 Å². The van der Waals surface area contributed by atoms with E-state index in [0.717, 1.165) is 66.1 Å². The summed E-state index contributed by atoms with van der Waals surface area (Å²) in [6.45, 7) is 0. The minimum absolute atomic E-state index is 0.426. The van der Waals surface area contributed by atoms with Gasteiger partial charge in [0.05, 0.1) is 16.6 Å². The molecule has 0 bridgehead atoms. The Morgan fingerprint density at radius 3 is 1.97 bits per heavy atom. The fourth-order valence-electron chi connectivity index (χ4n) is 9.55. The quantitative estimate of drug-likeness (QED) is 0.181. The van der Waals surface area contributed by atoms with Crippen LogP contribution < -0.4 is 5.32 Å². The van der Waals surface area contributed by atoms with E-state index in [0.29, 0.717) is 11.7 Å². The molecule has 0 saturated heterocycles. The van der Waals surface area contributed by atoms with Crippen molar-refractivity contribution >= 4 is 98.5 Å². The van der Waals surface area contributed by atoms with E-state index < -0.39 is 6.17 Å². The molecule has 60 heavy (non-hydrogen) atoms. The highest BCUT2D eigenvalue weighted by Gasteiger charge is 2.27. The molecular formula is C55H34N4O. The van der Waals surface area contributed by atoms with Crippen LogP contribution in [0.3, 0.4) is 0 Å². The summed E-state index contributed by atoms with van der Waals surface area (Å²) in [5.41, 5.74) is 7.82. The van der Waals surface area contributed by atoms with Gasteiger partial charge in [0, 0.05) is 32.8 Å². The molecule has 280 valence electrons. The first-order valence-corrected chi connectivity index (χ1v) is 20.4. The number of amidine groups is 2. The normalized spacial score (nSPS) is 14.5. The van der Waals surface area contributed by atoms with E-state index in [1.54, 1.807) is 0 Å². The smallest absolute Gasteiger partial charge is 0.160 e. The van der Waals surface area contributed by atoms with Gasteiger partial charge >= 0.3 is 0 Å². The monoisotopic (exact) mass is 766 g/mol. The van der Waals surface area contributed by atoms with E-state index in [2.05, 4.69) is 192 Å². The third-order valence-corrected chi connectivity index (χ3v) is 12.4. The average molecular weight is 767 g/mol. The molecule has 5 heteroatoms. The molecule has 1 atom stereocenters. The summed E-state index contributed by atoms with van der Waals surface area (Å²) in [7, 11) is 0. The second-order valence-electron chi connectivity index (χ2n) is 15.8. The van der Waals surface area contributed by atoms with Gasteiger partial charge in [-0.25, -0.2) is 9.98 Å². The molecule has 12 aromatic rings. The van der Waals surface area contributed by atoms with E-state index in [4.69, 9.17) is 14.4 Å². The molecule has 1 aliphatic rings. The number of fused-ring (bicyclic) bond motifs is 11. The highest BCUT2D eigenvalue weighted by atomic mass is 16.3. The standard InChI is InChI=1S/C55H34N4O/c1-2-15-36-30-50-46(29-35(36)14-1)43-19-7-9-22-49(43)59(50)39-31-47-44-20-8-10-23-51(44)60-52(47)48(32-39)55-57-53(56-54(58-55)45-21-11-16-33-12-3-6-18-41(33)45)38-26-27-42-37(28-38)25-24-34-13-4-5-17-40(34)42/h1-32,53H,(H,56,57,58). The van der Waals surface area contributed by atoms with Crippen LogP contribution in [0.1, 0.15) is 22.9 Å². The van der Waals surface area contributed by atoms with Crippen LogP contribution in [0.15, 0.2) is 209 Å². The van der Waals surface area contributed by atoms with Crippen LogP contribution >= 0.6 is 0 Å². The van der Waals surface area contributed by atoms with Crippen molar-refractivity contribution in [3.8, 4) is 5.69 Å². The largest absolute Gasteiger partial charge is 0.455 e. The van der Waals surface area contributed by atoms with E-state index in [9.17, 15) is 0 Å². The maximum absolute atomic E-state index is 6.82. The summed E-state index contributed by atoms with van der Waals surface area (Å²) in [6, 6.07) is 69.3. The maximum Gasteiger partial charge on any atom is 0.160 e. The predicted octanol–water partition coefficient (Wildman–Crippen LogP) is 13.8. The lowest BCUT2D eigenvalue weighted by molar-refractivity contribution is 0.660. The Hall–Kier alpha value is -8.02. The molecule has 5 nitrogen and oxygen atoms in total.